The molecule has 0 unspecified atom stereocenters. The molecule has 1 atom stereocenters. The lowest BCUT2D eigenvalue weighted by molar-refractivity contribution is -0.136. The number of hydrogen-bond acceptors (Lipinski definition) is 2. The summed E-state index contributed by atoms with van der Waals surface area (Å²) in [4.78, 5) is 26.0. The van der Waals surface area contributed by atoms with E-state index in [4.69, 9.17) is 0 Å². The average molecular weight is 252 g/mol. The fourth-order valence-corrected chi connectivity index (χ4v) is 2.97. The Labute approximate surface area is 109 Å². The number of carbonyl (C=O) groups is 2. The molecule has 18 heavy (non-hydrogen) atoms. The van der Waals surface area contributed by atoms with E-state index in [0.29, 0.717) is 0 Å². The van der Waals surface area contributed by atoms with E-state index in [1.54, 1.807) is 6.92 Å². The molecule has 4 nitrogen and oxygen atoms in total. The summed E-state index contributed by atoms with van der Waals surface area (Å²) >= 11 is 0. The highest BCUT2D eigenvalue weighted by Crippen LogP contribution is 2.23. The Morgan fingerprint density at radius 2 is 1.67 bits per heavy atom. The first-order chi connectivity index (χ1) is 8.68. The Balaban J connectivity index is 1.80. The minimum absolute atomic E-state index is 0.0785. The average Bonchev–Trinajstić information content (AvgIpc) is 2.92. The van der Waals surface area contributed by atoms with Crippen molar-refractivity contribution in [1.29, 1.82) is 0 Å². The number of amides is 2. The van der Waals surface area contributed by atoms with Gasteiger partial charge in [-0.05, 0) is 32.6 Å². The van der Waals surface area contributed by atoms with E-state index in [-0.39, 0.29) is 23.8 Å². The third-order valence-corrected chi connectivity index (χ3v) is 4.12. The summed E-state index contributed by atoms with van der Waals surface area (Å²) in [6.07, 6.45) is 7.68. The zero-order valence-electron chi connectivity index (χ0n) is 11.3. The van der Waals surface area contributed by atoms with Crippen molar-refractivity contribution in [2.75, 3.05) is 13.1 Å². The maximum atomic E-state index is 12.1. The third-order valence-electron chi connectivity index (χ3n) is 4.12. The van der Waals surface area contributed by atoms with Gasteiger partial charge in [0, 0.05) is 19.0 Å². The molecular formula is C14H24N2O2. The summed E-state index contributed by atoms with van der Waals surface area (Å²) in [5, 5.41) is 2.90. The van der Waals surface area contributed by atoms with Crippen LogP contribution in [0.3, 0.4) is 0 Å². The van der Waals surface area contributed by atoms with Gasteiger partial charge in [0.15, 0.2) is 0 Å². The molecule has 2 amide bonds. The van der Waals surface area contributed by atoms with Gasteiger partial charge in [-0.25, -0.2) is 0 Å². The highest BCUT2D eigenvalue weighted by molar-refractivity contribution is 5.88. The fourth-order valence-electron chi connectivity index (χ4n) is 2.97. The van der Waals surface area contributed by atoms with Crippen LogP contribution in [0.15, 0.2) is 0 Å². The second-order valence-corrected chi connectivity index (χ2v) is 5.60. The molecule has 1 N–H and O–H groups in total. The largest absolute Gasteiger partial charge is 0.344 e. The summed E-state index contributed by atoms with van der Waals surface area (Å²) in [6, 6.07) is -0.363. The van der Waals surface area contributed by atoms with Gasteiger partial charge in [0.05, 0.1) is 0 Å². The van der Waals surface area contributed by atoms with E-state index in [1.807, 2.05) is 4.90 Å². The molecule has 2 fully saturated rings. The van der Waals surface area contributed by atoms with E-state index in [0.717, 1.165) is 51.6 Å². The first-order valence-corrected chi connectivity index (χ1v) is 7.27. The van der Waals surface area contributed by atoms with Crippen molar-refractivity contribution < 1.29 is 9.59 Å². The maximum absolute atomic E-state index is 12.1. The van der Waals surface area contributed by atoms with Crippen LogP contribution in [0, 0.1) is 5.92 Å². The second-order valence-electron chi connectivity index (χ2n) is 5.60. The van der Waals surface area contributed by atoms with Crippen LogP contribution >= 0.6 is 0 Å². The molecule has 4 heteroatoms. The van der Waals surface area contributed by atoms with Gasteiger partial charge in [-0.2, -0.15) is 0 Å². The minimum Gasteiger partial charge on any atom is -0.344 e. The lowest BCUT2D eigenvalue weighted by Gasteiger charge is -2.25. The molecule has 1 heterocycles. The number of hydrogen-bond donors (Lipinski definition) is 1. The van der Waals surface area contributed by atoms with Crippen molar-refractivity contribution in [2.45, 2.75) is 57.9 Å². The van der Waals surface area contributed by atoms with Crippen LogP contribution in [0.2, 0.25) is 0 Å². The molecule has 0 bridgehead atoms. The smallest absolute Gasteiger partial charge is 0.244 e. The van der Waals surface area contributed by atoms with E-state index < -0.39 is 0 Å². The number of nitrogens with one attached hydrogen (secondary N) is 1. The van der Waals surface area contributed by atoms with Crippen LogP contribution in [-0.2, 0) is 9.59 Å². The Hall–Kier alpha value is -1.06. The summed E-state index contributed by atoms with van der Waals surface area (Å²) in [7, 11) is 0. The highest BCUT2D eigenvalue weighted by atomic mass is 16.2. The molecule has 2 aliphatic rings. The van der Waals surface area contributed by atoms with Crippen molar-refractivity contribution >= 4 is 11.8 Å². The molecule has 2 rings (SSSR count). The molecule has 1 aliphatic heterocycles. The topological polar surface area (TPSA) is 49.4 Å². The normalized spacial score (nSPS) is 22.8. The molecule has 1 aliphatic carbocycles. The number of carbonyl (C=O) groups excluding carboxylic acids is 2. The van der Waals surface area contributed by atoms with E-state index in [1.165, 1.54) is 6.42 Å². The quantitative estimate of drug-likeness (QED) is 0.831. The predicted octanol–water partition coefficient (Wildman–Crippen LogP) is 1.69. The first kappa shape index (κ1) is 13.4. The predicted molar refractivity (Wildman–Crippen MR) is 70.0 cm³/mol. The van der Waals surface area contributed by atoms with Gasteiger partial charge >= 0.3 is 0 Å². The van der Waals surface area contributed by atoms with Crippen molar-refractivity contribution in [3.63, 3.8) is 0 Å². The van der Waals surface area contributed by atoms with E-state index in [2.05, 4.69) is 5.32 Å². The van der Waals surface area contributed by atoms with E-state index >= 15 is 0 Å². The zero-order chi connectivity index (χ0) is 13.0. The molecule has 102 valence electrons. The molecule has 1 saturated heterocycles. The zero-order valence-corrected chi connectivity index (χ0v) is 11.3. The van der Waals surface area contributed by atoms with Gasteiger partial charge in [-0.3, -0.25) is 9.59 Å². The molecular weight excluding hydrogens is 228 g/mol. The van der Waals surface area contributed by atoms with Crippen molar-refractivity contribution in [3.8, 4) is 0 Å². The van der Waals surface area contributed by atoms with Crippen molar-refractivity contribution in [2.24, 2.45) is 5.92 Å². The van der Waals surface area contributed by atoms with Gasteiger partial charge in [0.25, 0.3) is 0 Å². The Morgan fingerprint density at radius 1 is 1.06 bits per heavy atom. The van der Waals surface area contributed by atoms with Crippen LogP contribution in [0.4, 0.5) is 0 Å². The highest BCUT2D eigenvalue weighted by Gasteiger charge is 2.27. The molecule has 0 spiro atoms. The van der Waals surface area contributed by atoms with Crippen LogP contribution in [0.1, 0.15) is 51.9 Å². The first-order valence-electron chi connectivity index (χ1n) is 7.27. The van der Waals surface area contributed by atoms with Crippen LogP contribution < -0.4 is 5.32 Å². The van der Waals surface area contributed by atoms with Crippen LogP contribution in [-0.4, -0.2) is 35.8 Å². The SMILES string of the molecule is C[C@@H](NC(=O)C1CCCCC1)C(=O)N1CCCC1. The molecule has 1 saturated carbocycles. The Morgan fingerprint density at radius 3 is 2.28 bits per heavy atom. The molecule has 0 aromatic carbocycles. The van der Waals surface area contributed by atoms with Gasteiger partial charge in [-0.15, -0.1) is 0 Å². The van der Waals surface area contributed by atoms with Gasteiger partial charge in [0.2, 0.25) is 11.8 Å². The van der Waals surface area contributed by atoms with Gasteiger partial charge in [-0.1, -0.05) is 19.3 Å². The maximum Gasteiger partial charge on any atom is 0.244 e. The Bertz CT molecular complexity index is 305. The van der Waals surface area contributed by atoms with Crippen LogP contribution in [0.25, 0.3) is 0 Å². The van der Waals surface area contributed by atoms with Crippen molar-refractivity contribution in [3.05, 3.63) is 0 Å². The van der Waals surface area contributed by atoms with Gasteiger partial charge < -0.3 is 10.2 Å². The summed E-state index contributed by atoms with van der Waals surface area (Å²) in [5.74, 6) is 0.291. The monoisotopic (exact) mass is 252 g/mol. The van der Waals surface area contributed by atoms with Crippen LogP contribution in [0.5, 0.6) is 0 Å². The number of rotatable bonds is 3. The summed E-state index contributed by atoms with van der Waals surface area (Å²) in [5.41, 5.74) is 0. The summed E-state index contributed by atoms with van der Waals surface area (Å²) < 4.78 is 0. The Kier molecular flexibility index (Phi) is 4.61. The minimum atomic E-state index is -0.363. The molecule has 0 radical (unpaired) electrons. The molecule has 0 aromatic rings. The van der Waals surface area contributed by atoms with E-state index in [9.17, 15) is 9.59 Å². The lowest BCUT2D eigenvalue weighted by atomic mass is 9.88. The standard InChI is InChI=1S/C14H24N2O2/c1-11(14(18)16-9-5-6-10-16)15-13(17)12-7-3-2-4-8-12/h11-12H,2-10H2,1H3,(H,15,17)/t11-/m1/s1. The fraction of sp³-hybridized carbons (Fsp3) is 0.857. The van der Waals surface area contributed by atoms with Gasteiger partial charge in [0.1, 0.15) is 6.04 Å². The number of nitrogens with zero attached hydrogens (tertiary/aromatic N) is 1. The lowest BCUT2D eigenvalue weighted by Crippen LogP contribution is -2.47. The van der Waals surface area contributed by atoms with Crippen molar-refractivity contribution in [1.82, 2.24) is 10.2 Å². The molecule has 0 aromatic heterocycles. The summed E-state index contributed by atoms with van der Waals surface area (Å²) in [6.45, 7) is 3.51. The number of likely N-dealkylation sites (tertiary alicyclic amines) is 1. The third kappa shape index (κ3) is 3.24. The second kappa shape index (κ2) is 6.21.